The fourth-order valence-corrected chi connectivity index (χ4v) is 1.57. The van der Waals surface area contributed by atoms with Crippen LogP contribution in [0.15, 0.2) is 24.3 Å². The zero-order valence-electron chi connectivity index (χ0n) is 10.5. The van der Waals surface area contributed by atoms with Crippen LogP contribution in [-0.4, -0.2) is 30.7 Å². The van der Waals surface area contributed by atoms with E-state index in [0.29, 0.717) is 5.56 Å². The van der Waals surface area contributed by atoms with Gasteiger partial charge in [-0.2, -0.15) is 0 Å². The van der Waals surface area contributed by atoms with E-state index in [-0.39, 0.29) is 18.9 Å². The van der Waals surface area contributed by atoms with Crippen LogP contribution < -0.4 is 5.32 Å². The highest BCUT2D eigenvalue weighted by atomic mass is 16.5. The van der Waals surface area contributed by atoms with Crippen LogP contribution in [0.25, 0.3) is 0 Å². The average molecular weight is 251 g/mol. The molecule has 0 aliphatic carbocycles. The Balaban J connectivity index is 2.77. The third-order valence-electron chi connectivity index (χ3n) is 2.46. The lowest BCUT2D eigenvalue weighted by molar-refractivity contribution is -0.142. The van der Waals surface area contributed by atoms with Crippen LogP contribution in [-0.2, 0) is 14.3 Å². The van der Waals surface area contributed by atoms with Crippen molar-refractivity contribution in [3.63, 3.8) is 0 Å². The fourth-order valence-electron chi connectivity index (χ4n) is 1.57. The van der Waals surface area contributed by atoms with Crippen LogP contribution in [0.3, 0.4) is 0 Å². The Kier molecular flexibility index (Phi) is 5.32. The Bertz CT molecular complexity index is 431. The second-order valence-electron chi connectivity index (χ2n) is 4.00. The van der Waals surface area contributed by atoms with Gasteiger partial charge < -0.3 is 15.2 Å². The molecule has 1 aromatic rings. The Labute approximate surface area is 106 Å². The van der Waals surface area contributed by atoms with Gasteiger partial charge in [0, 0.05) is 13.5 Å². The predicted molar refractivity (Wildman–Crippen MR) is 66.2 cm³/mol. The van der Waals surface area contributed by atoms with Crippen molar-refractivity contribution in [2.24, 2.45) is 0 Å². The molecular formula is C13H17NO4. The molecule has 0 radical (unpaired) electrons. The number of carbonyl (C=O) groups is 2. The van der Waals surface area contributed by atoms with Crippen LogP contribution in [0, 0.1) is 6.92 Å². The first kappa shape index (κ1) is 14.2. The lowest BCUT2D eigenvalue weighted by atomic mass is 10.0. The van der Waals surface area contributed by atoms with Crippen molar-refractivity contribution in [2.75, 3.05) is 13.7 Å². The molecule has 0 fully saturated rings. The van der Waals surface area contributed by atoms with E-state index in [4.69, 9.17) is 9.84 Å². The highest BCUT2D eigenvalue weighted by Crippen LogP contribution is 2.15. The number of carboxylic acid groups (broad SMARTS) is 1. The van der Waals surface area contributed by atoms with Gasteiger partial charge in [0.05, 0.1) is 6.61 Å². The topological polar surface area (TPSA) is 75.6 Å². The smallest absolute Gasteiger partial charge is 0.330 e. The van der Waals surface area contributed by atoms with E-state index in [1.54, 1.807) is 18.2 Å². The normalized spacial score (nSPS) is 11.9. The second kappa shape index (κ2) is 6.76. The van der Waals surface area contributed by atoms with E-state index in [0.717, 1.165) is 5.56 Å². The van der Waals surface area contributed by atoms with Crippen LogP contribution in [0.4, 0.5) is 0 Å². The number of carboxylic acids is 1. The third-order valence-corrected chi connectivity index (χ3v) is 2.46. The van der Waals surface area contributed by atoms with E-state index in [2.05, 4.69) is 5.32 Å². The zero-order valence-corrected chi connectivity index (χ0v) is 10.5. The summed E-state index contributed by atoms with van der Waals surface area (Å²) in [7, 11) is 1.49. The number of nitrogens with one attached hydrogen (secondary N) is 1. The van der Waals surface area contributed by atoms with E-state index in [1.165, 1.54) is 7.11 Å². The Morgan fingerprint density at radius 1 is 1.44 bits per heavy atom. The van der Waals surface area contributed by atoms with Gasteiger partial charge in [-0.15, -0.1) is 0 Å². The summed E-state index contributed by atoms with van der Waals surface area (Å²) < 4.78 is 4.77. The molecule has 0 unspecified atom stereocenters. The molecule has 5 heteroatoms. The van der Waals surface area contributed by atoms with Crippen LogP contribution in [0.2, 0.25) is 0 Å². The first-order valence-corrected chi connectivity index (χ1v) is 5.62. The number of carbonyl (C=O) groups excluding carboxylic acids is 1. The minimum Gasteiger partial charge on any atom is -0.479 e. The number of hydrogen-bond acceptors (Lipinski definition) is 3. The maximum atomic E-state index is 11.5. The standard InChI is InChI=1S/C13H17NO4/c1-9-4-3-5-10(8-9)12(13(16)17)14-11(15)6-7-18-2/h3-5,8,12H,6-7H2,1-2H3,(H,14,15)(H,16,17)/t12-/m0/s1. The maximum Gasteiger partial charge on any atom is 0.330 e. The minimum atomic E-state index is -1.08. The molecule has 1 rings (SSSR count). The molecule has 2 N–H and O–H groups in total. The molecule has 18 heavy (non-hydrogen) atoms. The SMILES string of the molecule is COCCC(=O)N[C@H](C(=O)O)c1cccc(C)c1. The number of hydrogen-bond donors (Lipinski definition) is 2. The van der Waals surface area contributed by atoms with Gasteiger partial charge in [-0.25, -0.2) is 4.79 Å². The molecule has 0 aliphatic heterocycles. The third kappa shape index (κ3) is 4.18. The molecule has 1 aromatic carbocycles. The lowest BCUT2D eigenvalue weighted by Crippen LogP contribution is -2.34. The average Bonchev–Trinajstić information content (AvgIpc) is 2.33. The van der Waals surface area contributed by atoms with Gasteiger partial charge in [-0.05, 0) is 12.5 Å². The molecule has 0 heterocycles. The molecule has 0 aliphatic rings. The summed E-state index contributed by atoms with van der Waals surface area (Å²) in [6.45, 7) is 2.14. The molecule has 0 aromatic heterocycles. The molecule has 1 atom stereocenters. The van der Waals surface area contributed by atoms with Gasteiger partial charge >= 0.3 is 5.97 Å². The van der Waals surface area contributed by atoms with Crippen molar-refractivity contribution < 1.29 is 19.4 Å². The minimum absolute atomic E-state index is 0.145. The van der Waals surface area contributed by atoms with Gasteiger partial charge in [-0.1, -0.05) is 29.8 Å². The molecule has 5 nitrogen and oxygen atoms in total. The summed E-state index contributed by atoms with van der Waals surface area (Å²) in [5.74, 6) is -1.42. The Morgan fingerprint density at radius 2 is 2.17 bits per heavy atom. The Hall–Kier alpha value is -1.88. The summed E-state index contributed by atoms with van der Waals surface area (Å²) in [4.78, 5) is 22.7. The summed E-state index contributed by atoms with van der Waals surface area (Å²) in [5.41, 5.74) is 1.51. The number of aliphatic carboxylic acids is 1. The van der Waals surface area contributed by atoms with E-state index >= 15 is 0 Å². The molecule has 0 saturated carbocycles. The van der Waals surface area contributed by atoms with Gasteiger partial charge in [0.15, 0.2) is 6.04 Å². The van der Waals surface area contributed by atoms with E-state index in [1.807, 2.05) is 13.0 Å². The molecule has 0 bridgehead atoms. The van der Waals surface area contributed by atoms with Crippen LogP contribution in [0.1, 0.15) is 23.6 Å². The van der Waals surface area contributed by atoms with Gasteiger partial charge in [0.25, 0.3) is 0 Å². The predicted octanol–water partition coefficient (Wildman–Crippen LogP) is 1.27. The van der Waals surface area contributed by atoms with Crippen molar-refractivity contribution in [1.29, 1.82) is 0 Å². The van der Waals surface area contributed by atoms with Crippen molar-refractivity contribution in [3.05, 3.63) is 35.4 Å². The first-order chi connectivity index (χ1) is 8.54. The molecular weight excluding hydrogens is 234 g/mol. The second-order valence-corrected chi connectivity index (χ2v) is 4.00. The van der Waals surface area contributed by atoms with Gasteiger partial charge in [0.1, 0.15) is 0 Å². The molecule has 98 valence electrons. The number of amides is 1. The molecule has 0 saturated heterocycles. The summed E-state index contributed by atoms with van der Waals surface area (Å²) in [6.07, 6.45) is 0.145. The van der Waals surface area contributed by atoms with Crippen LogP contribution in [0.5, 0.6) is 0 Å². The number of benzene rings is 1. The molecule has 1 amide bonds. The maximum absolute atomic E-state index is 11.5. The van der Waals surface area contributed by atoms with Gasteiger partial charge in [0.2, 0.25) is 5.91 Å². The first-order valence-electron chi connectivity index (χ1n) is 5.62. The highest BCUT2D eigenvalue weighted by Gasteiger charge is 2.21. The monoisotopic (exact) mass is 251 g/mol. The van der Waals surface area contributed by atoms with Gasteiger partial charge in [-0.3, -0.25) is 4.79 Å². The zero-order chi connectivity index (χ0) is 13.5. The quantitative estimate of drug-likeness (QED) is 0.798. The fraction of sp³-hybridized carbons (Fsp3) is 0.385. The lowest BCUT2D eigenvalue weighted by Gasteiger charge is -2.15. The summed E-state index contributed by atoms with van der Waals surface area (Å²) in [5, 5.41) is 11.6. The van der Waals surface area contributed by atoms with Crippen molar-refractivity contribution in [2.45, 2.75) is 19.4 Å². The number of aryl methyl sites for hydroxylation is 1. The summed E-state index contributed by atoms with van der Waals surface area (Å²) >= 11 is 0. The highest BCUT2D eigenvalue weighted by molar-refractivity contribution is 5.84. The van der Waals surface area contributed by atoms with Crippen molar-refractivity contribution >= 4 is 11.9 Å². The Morgan fingerprint density at radius 3 is 2.72 bits per heavy atom. The van der Waals surface area contributed by atoms with Crippen molar-refractivity contribution in [3.8, 4) is 0 Å². The van der Waals surface area contributed by atoms with Crippen molar-refractivity contribution in [1.82, 2.24) is 5.32 Å². The van der Waals surface area contributed by atoms with E-state index < -0.39 is 12.0 Å². The summed E-state index contributed by atoms with van der Waals surface area (Å²) in [6, 6.07) is 6.05. The number of ether oxygens (including phenoxy) is 1. The van der Waals surface area contributed by atoms with Crippen LogP contribution >= 0.6 is 0 Å². The number of methoxy groups -OCH3 is 1. The largest absolute Gasteiger partial charge is 0.479 e. The number of rotatable bonds is 6. The molecule has 0 spiro atoms. The van der Waals surface area contributed by atoms with E-state index in [9.17, 15) is 9.59 Å².